The molecule has 4 saturated heterocycles. The van der Waals surface area contributed by atoms with Gasteiger partial charge in [-0.25, -0.2) is 0 Å². The van der Waals surface area contributed by atoms with Gasteiger partial charge in [0, 0.05) is 57.3 Å². The van der Waals surface area contributed by atoms with Gasteiger partial charge in [0.1, 0.15) is 0 Å². The summed E-state index contributed by atoms with van der Waals surface area (Å²) in [5.74, 6) is 2.68. The third kappa shape index (κ3) is 3.02. The largest absolute Gasteiger partial charge is 0.293 e. The van der Waals surface area contributed by atoms with Crippen molar-refractivity contribution < 1.29 is 0 Å². The number of allylic oxidation sites excluding steroid dienone is 2. The van der Waals surface area contributed by atoms with Gasteiger partial charge in [-0.1, -0.05) is 69.2 Å². The molecule has 9 aliphatic rings. The topological polar surface area (TPSA) is 6.48 Å². The zero-order chi connectivity index (χ0) is 22.7. The summed E-state index contributed by atoms with van der Waals surface area (Å²) in [6.45, 7) is 0.945. The van der Waals surface area contributed by atoms with Crippen LogP contribution in [0.1, 0.15) is 83.5 Å². The van der Waals surface area contributed by atoms with E-state index in [0.717, 1.165) is 75.4 Å². The van der Waals surface area contributed by atoms with Crippen molar-refractivity contribution in [1.29, 1.82) is 0 Å². The monoisotopic (exact) mass is 506 g/mol. The molecule has 4 heterocycles. The Labute approximate surface area is 221 Å². The van der Waals surface area contributed by atoms with Gasteiger partial charge in [-0.05, 0) is 56.0 Å². The Morgan fingerprint density at radius 2 is 1.20 bits per heavy atom. The molecule has 13 unspecified atom stereocenters. The summed E-state index contributed by atoms with van der Waals surface area (Å²) in [6, 6.07) is 5.11. The van der Waals surface area contributed by atoms with Gasteiger partial charge in [-0.3, -0.25) is 9.80 Å². The molecule has 8 fully saturated rings. The van der Waals surface area contributed by atoms with E-state index in [4.69, 9.17) is 0 Å². The van der Waals surface area contributed by atoms with Crippen molar-refractivity contribution in [2.24, 2.45) is 0 Å². The van der Waals surface area contributed by atoms with Crippen molar-refractivity contribution in [2.45, 2.75) is 158 Å². The molecule has 0 N–H and O–H groups in total. The molecular formula is C30H43BN2S2. The van der Waals surface area contributed by atoms with Crippen LogP contribution in [0.4, 0.5) is 0 Å². The minimum atomic E-state index is 0.699. The van der Waals surface area contributed by atoms with Crippen LogP contribution in [0.15, 0.2) is 24.3 Å². The van der Waals surface area contributed by atoms with Crippen LogP contribution in [0.2, 0.25) is 17.5 Å². The second-order valence-corrected chi connectivity index (χ2v) is 16.7. The van der Waals surface area contributed by atoms with Gasteiger partial charge in [0.15, 0.2) is 6.71 Å². The first-order valence-electron chi connectivity index (χ1n) is 15.6. The highest BCUT2D eigenvalue weighted by Gasteiger charge is 2.69. The lowest BCUT2D eigenvalue weighted by molar-refractivity contribution is -0.0417. The normalized spacial score (nSPS) is 56.3. The summed E-state index contributed by atoms with van der Waals surface area (Å²) in [5, 5.41) is 3.68. The number of rotatable bonds is 0. The Morgan fingerprint density at radius 3 is 1.97 bits per heavy atom. The SMILES string of the molecule is C1=CC2B3C4CCCCC4N4C5CCCCC5SC5CC6SC7CCCCC7N(C2C=C1)C6C3C54. The summed E-state index contributed by atoms with van der Waals surface area (Å²) in [5.41, 5.74) is 0. The zero-order valence-electron chi connectivity index (χ0n) is 21.3. The molecule has 9 rings (SSSR count). The van der Waals surface area contributed by atoms with Gasteiger partial charge in [0.05, 0.1) is 0 Å². The van der Waals surface area contributed by atoms with Crippen molar-refractivity contribution in [3.8, 4) is 0 Å². The van der Waals surface area contributed by atoms with Crippen LogP contribution in [0.5, 0.6) is 0 Å². The Hall–Kier alpha value is 0.165. The smallest absolute Gasteiger partial charge is 0.161 e. The molecular weight excluding hydrogens is 463 g/mol. The van der Waals surface area contributed by atoms with E-state index in [2.05, 4.69) is 57.6 Å². The number of fused-ring (bicyclic) bond motifs is 10. The Kier molecular flexibility index (Phi) is 5.24. The van der Waals surface area contributed by atoms with Crippen LogP contribution in [0.25, 0.3) is 0 Å². The van der Waals surface area contributed by atoms with E-state index in [9.17, 15) is 0 Å². The highest BCUT2D eigenvalue weighted by atomic mass is 32.2. The zero-order valence-corrected chi connectivity index (χ0v) is 22.9. The Bertz CT molecular complexity index is 924. The molecule has 0 spiro atoms. The summed E-state index contributed by atoms with van der Waals surface area (Å²) in [6.07, 6.45) is 29.8. The molecule has 35 heavy (non-hydrogen) atoms. The first-order chi connectivity index (χ1) is 17.4. The Morgan fingerprint density at radius 1 is 0.600 bits per heavy atom. The van der Waals surface area contributed by atoms with Crippen LogP contribution in [-0.2, 0) is 0 Å². The fraction of sp³-hybridized carbons (Fsp3) is 0.867. The summed E-state index contributed by atoms with van der Waals surface area (Å²) in [4.78, 5) is 6.58. The molecule has 4 aliphatic heterocycles. The lowest BCUT2D eigenvalue weighted by Crippen LogP contribution is -2.80. The van der Waals surface area contributed by atoms with Gasteiger partial charge in [-0.2, -0.15) is 23.5 Å². The van der Waals surface area contributed by atoms with E-state index in [0.29, 0.717) is 6.04 Å². The van der Waals surface area contributed by atoms with Crippen LogP contribution < -0.4 is 0 Å². The maximum absolute atomic E-state index is 3.34. The second-order valence-electron chi connectivity index (χ2n) is 13.7. The lowest BCUT2D eigenvalue weighted by atomic mass is 9.19. The van der Waals surface area contributed by atoms with Crippen molar-refractivity contribution in [3.05, 3.63) is 24.3 Å². The van der Waals surface area contributed by atoms with Crippen molar-refractivity contribution >= 4 is 30.2 Å². The van der Waals surface area contributed by atoms with Crippen LogP contribution in [-0.4, -0.2) is 73.8 Å². The maximum atomic E-state index is 3.34. The van der Waals surface area contributed by atoms with Gasteiger partial charge in [-0.15, -0.1) is 0 Å². The molecule has 0 aromatic rings. The van der Waals surface area contributed by atoms with Crippen LogP contribution in [0.3, 0.4) is 0 Å². The van der Waals surface area contributed by atoms with E-state index in [1.54, 1.807) is 0 Å². The molecule has 13 atom stereocenters. The fourth-order valence-electron chi connectivity index (χ4n) is 11.7. The Balaban J connectivity index is 1.21. The first kappa shape index (κ1) is 22.0. The highest BCUT2D eigenvalue weighted by Crippen LogP contribution is 2.66. The molecule has 5 heteroatoms. The first-order valence-corrected chi connectivity index (χ1v) is 17.5. The molecule has 5 aliphatic carbocycles. The van der Waals surface area contributed by atoms with Crippen molar-refractivity contribution in [3.63, 3.8) is 0 Å². The van der Waals surface area contributed by atoms with Gasteiger partial charge < -0.3 is 0 Å². The molecule has 0 radical (unpaired) electrons. The summed E-state index contributed by atoms with van der Waals surface area (Å²) >= 11 is 5.05. The molecule has 188 valence electrons. The average molecular weight is 507 g/mol. The number of thioether (sulfide) groups is 2. The number of hydrogen-bond acceptors (Lipinski definition) is 4. The van der Waals surface area contributed by atoms with E-state index in [1.165, 1.54) is 83.5 Å². The van der Waals surface area contributed by atoms with Gasteiger partial charge in [0.25, 0.3) is 0 Å². The standard InChI is InChI=1S/C30H43BN2S2/c1-3-11-20-18(9-1)31-19-10-2-4-12-21(19)33-23-14-6-8-16-25(23)35-27-17-26-29(28(31)30(27)33)32(20)22-13-5-7-15-24(22)34-26/h1,3,9,11,18-30H,2,4-8,10,12-17H2. The predicted molar refractivity (Wildman–Crippen MR) is 152 cm³/mol. The molecule has 0 aromatic heterocycles. The summed E-state index contributed by atoms with van der Waals surface area (Å²) in [7, 11) is 0. The van der Waals surface area contributed by atoms with Crippen molar-refractivity contribution in [2.75, 3.05) is 0 Å². The highest BCUT2D eigenvalue weighted by molar-refractivity contribution is 8.01. The maximum Gasteiger partial charge on any atom is 0.161 e. The van der Waals surface area contributed by atoms with Gasteiger partial charge in [0.2, 0.25) is 0 Å². The van der Waals surface area contributed by atoms with Crippen LogP contribution in [0, 0.1) is 0 Å². The van der Waals surface area contributed by atoms with Crippen LogP contribution >= 0.6 is 23.5 Å². The minimum Gasteiger partial charge on any atom is -0.293 e. The molecule has 0 bridgehead atoms. The van der Waals surface area contributed by atoms with E-state index in [1.807, 2.05) is 0 Å². The average Bonchev–Trinajstić information content (AvgIpc) is 2.92. The fourth-order valence-corrected chi connectivity index (χ4v) is 15.8. The third-order valence-electron chi connectivity index (χ3n) is 12.5. The molecule has 0 amide bonds. The number of nitrogens with zero attached hydrogens (tertiary/aromatic N) is 2. The quantitative estimate of drug-likeness (QED) is 0.339. The molecule has 0 aromatic carbocycles. The molecule has 4 saturated carbocycles. The third-order valence-corrected chi connectivity index (χ3v) is 16.0. The van der Waals surface area contributed by atoms with Gasteiger partial charge >= 0.3 is 0 Å². The second kappa shape index (κ2) is 8.33. The summed E-state index contributed by atoms with van der Waals surface area (Å²) < 4.78 is 0. The van der Waals surface area contributed by atoms with E-state index in [-0.39, 0.29) is 0 Å². The van der Waals surface area contributed by atoms with E-state index < -0.39 is 0 Å². The minimum absolute atomic E-state index is 0.699. The number of hydrogen-bond donors (Lipinski definition) is 0. The predicted octanol–water partition coefficient (Wildman–Crippen LogP) is 6.65. The van der Waals surface area contributed by atoms with Crippen molar-refractivity contribution in [1.82, 2.24) is 9.80 Å². The molecule has 2 nitrogen and oxygen atoms in total. The van der Waals surface area contributed by atoms with E-state index >= 15 is 0 Å². The lowest BCUT2D eigenvalue weighted by Gasteiger charge is -2.73.